The number of hydrogen-bond acceptors (Lipinski definition) is 5. The maximum absolute atomic E-state index is 6.50. The van der Waals surface area contributed by atoms with E-state index in [1.807, 2.05) is 12.1 Å². The van der Waals surface area contributed by atoms with Gasteiger partial charge in [-0.15, -0.1) is 0 Å². The van der Waals surface area contributed by atoms with Gasteiger partial charge in [-0.1, -0.05) is 53.0 Å². The van der Waals surface area contributed by atoms with Crippen LogP contribution in [0.15, 0.2) is 66.9 Å². The number of aromatic nitrogens is 3. The molecule has 0 unspecified atom stereocenters. The summed E-state index contributed by atoms with van der Waals surface area (Å²) in [5.74, 6) is 0.672. The fourth-order valence-corrected chi connectivity index (χ4v) is 3.49. The summed E-state index contributed by atoms with van der Waals surface area (Å²) in [5.41, 5.74) is 2.63. The van der Waals surface area contributed by atoms with Gasteiger partial charge in [-0.3, -0.25) is 0 Å². The Morgan fingerprint density at radius 2 is 1.60 bits per heavy atom. The van der Waals surface area contributed by atoms with Gasteiger partial charge in [0, 0.05) is 27.9 Å². The number of halogens is 3. The summed E-state index contributed by atoms with van der Waals surface area (Å²) in [7, 11) is 1.53. The van der Waals surface area contributed by atoms with Gasteiger partial charge in [0.2, 0.25) is 11.8 Å². The molecule has 0 atom stereocenters. The Kier molecular flexibility index (Phi) is 6.04. The fraction of sp³-hybridized carbons (Fsp3) is 0.0455. The third-order valence-electron chi connectivity index (χ3n) is 4.20. The number of ether oxygens (including phenoxy) is 2. The van der Waals surface area contributed by atoms with Crippen molar-refractivity contribution in [3.63, 3.8) is 0 Å². The Morgan fingerprint density at radius 3 is 2.27 bits per heavy atom. The van der Waals surface area contributed by atoms with Crippen molar-refractivity contribution in [1.82, 2.24) is 15.0 Å². The third-order valence-corrected chi connectivity index (χ3v) is 5.00. The highest BCUT2D eigenvalue weighted by Gasteiger charge is 2.21. The summed E-state index contributed by atoms with van der Waals surface area (Å²) in [6.07, 6.45) is 1.62. The molecule has 8 heteroatoms. The summed E-state index contributed by atoms with van der Waals surface area (Å²) in [5, 5.41) is 1.56. The first kappa shape index (κ1) is 20.4. The summed E-state index contributed by atoms with van der Waals surface area (Å²) in [4.78, 5) is 13.2. The molecule has 0 aliphatic heterocycles. The van der Waals surface area contributed by atoms with E-state index in [2.05, 4.69) is 15.0 Å². The molecule has 0 aliphatic carbocycles. The molecule has 0 saturated heterocycles. The lowest BCUT2D eigenvalue weighted by Crippen LogP contribution is -2.02. The number of rotatable bonds is 5. The molecule has 0 fully saturated rings. The average molecular weight is 459 g/mol. The van der Waals surface area contributed by atoms with Crippen LogP contribution < -0.4 is 9.47 Å². The number of pyridine rings is 1. The molecule has 150 valence electrons. The number of nitrogens with zero attached hydrogens (tertiary/aromatic N) is 3. The Labute approximate surface area is 188 Å². The molecule has 0 aliphatic rings. The van der Waals surface area contributed by atoms with Crippen molar-refractivity contribution in [2.75, 3.05) is 7.11 Å². The first-order valence-corrected chi connectivity index (χ1v) is 9.95. The lowest BCUT2D eigenvalue weighted by molar-refractivity contribution is 0.374. The molecule has 2 aromatic heterocycles. The van der Waals surface area contributed by atoms with Crippen LogP contribution in [-0.4, -0.2) is 22.1 Å². The van der Waals surface area contributed by atoms with E-state index in [1.54, 1.807) is 54.7 Å². The van der Waals surface area contributed by atoms with Gasteiger partial charge in [-0.25, -0.2) is 4.98 Å². The van der Waals surface area contributed by atoms with Gasteiger partial charge < -0.3 is 9.47 Å². The van der Waals surface area contributed by atoms with Gasteiger partial charge in [0.05, 0.1) is 23.4 Å². The Bertz CT molecular complexity index is 1190. The highest BCUT2D eigenvalue weighted by molar-refractivity contribution is 6.36. The molecule has 0 spiro atoms. The topological polar surface area (TPSA) is 57.1 Å². The summed E-state index contributed by atoms with van der Waals surface area (Å²) < 4.78 is 11.3. The Morgan fingerprint density at radius 1 is 0.833 bits per heavy atom. The van der Waals surface area contributed by atoms with Crippen molar-refractivity contribution in [2.45, 2.75) is 0 Å². The molecule has 0 radical (unpaired) electrons. The van der Waals surface area contributed by atoms with E-state index in [9.17, 15) is 0 Å². The maximum atomic E-state index is 6.50. The highest BCUT2D eigenvalue weighted by atomic mass is 35.5. The lowest BCUT2D eigenvalue weighted by atomic mass is 10.00. The van der Waals surface area contributed by atoms with Crippen LogP contribution in [0.5, 0.6) is 17.8 Å². The third kappa shape index (κ3) is 4.33. The van der Waals surface area contributed by atoms with Crippen LogP contribution in [-0.2, 0) is 0 Å². The van der Waals surface area contributed by atoms with E-state index in [0.29, 0.717) is 43.6 Å². The maximum Gasteiger partial charge on any atom is 0.327 e. The van der Waals surface area contributed by atoms with Gasteiger partial charge in [-0.2, -0.15) is 9.97 Å². The van der Waals surface area contributed by atoms with E-state index in [4.69, 9.17) is 44.3 Å². The van der Waals surface area contributed by atoms with Crippen LogP contribution in [0.2, 0.25) is 15.1 Å². The van der Waals surface area contributed by atoms with E-state index >= 15 is 0 Å². The van der Waals surface area contributed by atoms with E-state index in [0.717, 1.165) is 5.56 Å². The van der Waals surface area contributed by atoms with Gasteiger partial charge in [-0.05, 0) is 42.0 Å². The minimum absolute atomic E-state index is 0.0734. The molecule has 2 heterocycles. The average Bonchev–Trinajstić information content (AvgIpc) is 2.75. The normalized spacial score (nSPS) is 10.7. The van der Waals surface area contributed by atoms with Gasteiger partial charge in [0.25, 0.3) is 0 Å². The lowest BCUT2D eigenvalue weighted by Gasteiger charge is -2.16. The molecule has 0 saturated carbocycles. The molecule has 4 rings (SSSR count). The second-order valence-electron chi connectivity index (χ2n) is 6.14. The van der Waals surface area contributed by atoms with Crippen LogP contribution >= 0.6 is 34.8 Å². The molecule has 0 amide bonds. The van der Waals surface area contributed by atoms with Crippen molar-refractivity contribution < 1.29 is 9.47 Å². The Balaban J connectivity index is 1.94. The van der Waals surface area contributed by atoms with Crippen LogP contribution in [0.25, 0.3) is 22.4 Å². The zero-order valence-electron chi connectivity index (χ0n) is 15.6. The molecular weight excluding hydrogens is 445 g/mol. The van der Waals surface area contributed by atoms with Crippen LogP contribution in [0, 0.1) is 0 Å². The summed E-state index contributed by atoms with van der Waals surface area (Å²) in [6, 6.07) is 17.8. The SMILES string of the molecule is COc1nc(Oc2ccccn2)nc(-c2ccc(Cl)cc2Cl)c1-c1ccc(Cl)cc1. The second-order valence-corrected chi connectivity index (χ2v) is 7.42. The minimum atomic E-state index is 0.0734. The van der Waals surface area contributed by atoms with Crippen LogP contribution in [0.1, 0.15) is 0 Å². The van der Waals surface area contributed by atoms with Crippen LogP contribution in [0.3, 0.4) is 0 Å². The molecule has 30 heavy (non-hydrogen) atoms. The van der Waals surface area contributed by atoms with Gasteiger partial charge >= 0.3 is 6.01 Å². The number of methoxy groups -OCH3 is 1. The standard InChI is InChI=1S/C22H14Cl3N3O2/c1-29-21-19(13-5-7-14(23)8-6-13)20(16-10-9-15(24)12-17(16)25)27-22(28-21)30-18-4-2-3-11-26-18/h2-12H,1H3. The second kappa shape index (κ2) is 8.88. The molecule has 5 nitrogen and oxygen atoms in total. The number of hydrogen-bond donors (Lipinski definition) is 0. The summed E-state index contributed by atoms with van der Waals surface area (Å²) in [6.45, 7) is 0. The van der Waals surface area contributed by atoms with Crippen molar-refractivity contribution >= 4 is 34.8 Å². The summed E-state index contributed by atoms with van der Waals surface area (Å²) >= 11 is 18.6. The van der Waals surface area contributed by atoms with Crippen LogP contribution in [0.4, 0.5) is 0 Å². The van der Waals surface area contributed by atoms with E-state index in [1.165, 1.54) is 7.11 Å². The van der Waals surface area contributed by atoms with Gasteiger partial charge in [0.15, 0.2) is 0 Å². The molecular formula is C22H14Cl3N3O2. The largest absolute Gasteiger partial charge is 0.480 e. The van der Waals surface area contributed by atoms with Crippen molar-refractivity contribution in [1.29, 1.82) is 0 Å². The highest BCUT2D eigenvalue weighted by Crippen LogP contribution is 2.41. The zero-order chi connectivity index (χ0) is 21.1. The van der Waals surface area contributed by atoms with Crippen molar-refractivity contribution in [3.05, 3.63) is 81.9 Å². The predicted molar refractivity (Wildman–Crippen MR) is 119 cm³/mol. The first-order chi connectivity index (χ1) is 14.5. The Hall–Kier alpha value is -2.86. The zero-order valence-corrected chi connectivity index (χ0v) is 17.9. The smallest absolute Gasteiger partial charge is 0.327 e. The van der Waals surface area contributed by atoms with Gasteiger partial charge in [0.1, 0.15) is 0 Å². The van der Waals surface area contributed by atoms with Crippen molar-refractivity contribution in [3.8, 4) is 40.2 Å². The molecule has 0 N–H and O–H groups in total. The fourth-order valence-electron chi connectivity index (χ4n) is 2.87. The minimum Gasteiger partial charge on any atom is -0.480 e. The quantitative estimate of drug-likeness (QED) is 0.323. The van der Waals surface area contributed by atoms with Crippen molar-refractivity contribution in [2.24, 2.45) is 0 Å². The molecule has 2 aromatic carbocycles. The van der Waals surface area contributed by atoms with E-state index < -0.39 is 0 Å². The first-order valence-electron chi connectivity index (χ1n) is 8.81. The van der Waals surface area contributed by atoms with E-state index in [-0.39, 0.29) is 6.01 Å². The monoisotopic (exact) mass is 457 g/mol. The molecule has 0 bridgehead atoms. The molecule has 4 aromatic rings. The number of benzene rings is 2. The predicted octanol–water partition coefficient (Wildman–Crippen LogP) is 6.97.